The molecule has 1 atom stereocenters. The van der Waals surface area contributed by atoms with Crippen LogP contribution in [0, 0.1) is 0 Å². The third-order valence-corrected chi connectivity index (χ3v) is 2.01. The van der Waals surface area contributed by atoms with Gasteiger partial charge < -0.3 is 26.7 Å². The highest BCUT2D eigenvalue weighted by molar-refractivity contribution is 5.81. The number of rotatable bonds is 6. The average Bonchev–Trinajstić information content (AvgIpc) is 2.15. The number of esters is 1. The third kappa shape index (κ3) is 8.42. The molecule has 4 nitrogen and oxygen atoms in total. The van der Waals surface area contributed by atoms with Crippen molar-refractivity contribution in [3.63, 3.8) is 0 Å². The van der Waals surface area contributed by atoms with Gasteiger partial charge in [0.1, 0.15) is 6.10 Å². The van der Waals surface area contributed by atoms with Crippen LogP contribution < -0.4 is 12.4 Å². The summed E-state index contributed by atoms with van der Waals surface area (Å²) in [6.45, 7) is 6.00. The Balaban J connectivity index is 0. The molecule has 0 aliphatic carbocycles. The third-order valence-electron chi connectivity index (χ3n) is 2.01. The summed E-state index contributed by atoms with van der Waals surface area (Å²) in [5.41, 5.74) is 0. The molecule has 0 saturated carbocycles. The zero-order valence-corrected chi connectivity index (χ0v) is 10.3. The van der Waals surface area contributed by atoms with Gasteiger partial charge in [-0.25, -0.2) is 4.79 Å². The summed E-state index contributed by atoms with van der Waals surface area (Å²) in [7, 11) is 3.84. The van der Waals surface area contributed by atoms with Crippen molar-refractivity contribution in [3.8, 4) is 0 Å². The molecule has 1 N–H and O–H groups in total. The Kier molecular flexibility index (Phi) is 8.62. The molecular weight excluding hydrogens is 218 g/mol. The molecule has 0 spiro atoms. The highest BCUT2D eigenvalue weighted by atomic mass is 35.5. The van der Waals surface area contributed by atoms with E-state index in [1.807, 2.05) is 21.0 Å². The highest BCUT2D eigenvalue weighted by Gasteiger charge is 2.16. The van der Waals surface area contributed by atoms with Gasteiger partial charge in [0.25, 0.3) is 0 Å². The summed E-state index contributed by atoms with van der Waals surface area (Å²) in [5, 5.41) is 8.98. The highest BCUT2D eigenvalue weighted by Crippen LogP contribution is 2.04. The standard InChI is InChI=1S/C10H20NO3.ClH/c1-5-10(13)14-9(2)6-7-11(3,4)8-12;/h5,9,12H,1,6-8H2,2-4H3;1H/q+1;/p-1. The van der Waals surface area contributed by atoms with Gasteiger partial charge in [0.15, 0.2) is 6.73 Å². The smallest absolute Gasteiger partial charge is 0.330 e. The van der Waals surface area contributed by atoms with Gasteiger partial charge in [-0.1, -0.05) is 6.58 Å². The fourth-order valence-electron chi connectivity index (χ4n) is 0.907. The Labute approximate surface area is 97.5 Å². The lowest BCUT2D eigenvalue weighted by molar-refractivity contribution is -0.909. The van der Waals surface area contributed by atoms with E-state index in [1.165, 1.54) is 0 Å². The van der Waals surface area contributed by atoms with Gasteiger partial charge >= 0.3 is 5.97 Å². The van der Waals surface area contributed by atoms with Crippen molar-refractivity contribution in [2.45, 2.75) is 19.4 Å². The van der Waals surface area contributed by atoms with Crippen molar-refractivity contribution < 1.29 is 31.5 Å². The molecule has 0 aliphatic rings. The van der Waals surface area contributed by atoms with Crippen LogP contribution in [0.25, 0.3) is 0 Å². The number of quaternary nitrogens is 1. The van der Waals surface area contributed by atoms with Gasteiger partial charge in [0.2, 0.25) is 0 Å². The van der Waals surface area contributed by atoms with Crippen LogP contribution in [0.4, 0.5) is 0 Å². The summed E-state index contributed by atoms with van der Waals surface area (Å²) in [6.07, 6.45) is 1.75. The number of ether oxygens (including phenoxy) is 1. The van der Waals surface area contributed by atoms with Gasteiger partial charge in [0.05, 0.1) is 20.6 Å². The maximum Gasteiger partial charge on any atom is 0.330 e. The molecule has 0 saturated heterocycles. The van der Waals surface area contributed by atoms with Crippen LogP contribution in [-0.2, 0) is 9.53 Å². The van der Waals surface area contributed by atoms with Gasteiger partial charge in [0, 0.05) is 12.5 Å². The quantitative estimate of drug-likeness (QED) is 0.241. The van der Waals surface area contributed by atoms with E-state index in [-0.39, 0.29) is 25.2 Å². The van der Waals surface area contributed by atoms with Gasteiger partial charge in [-0.05, 0) is 6.92 Å². The largest absolute Gasteiger partial charge is 1.00 e. The number of aliphatic hydroxyl groups is 1. The summed E-state index contributed by atoms with van der Waals surface area (Å²) in [4.78, 5) is 10.8. The van der Waals surface area contributed by atoms with Crippen LogP contribution in [0.2, 0.25) is 0 Å². The summed E-state index contributed by atoms with van der Waals surface area (Å²) < 4.78 is 5.50. The molecule has 15 heavy (non-hydrogen) atoms. The molecular formula is C10H20ClNO3. The second-order valence-corrected chi connectivity index (χ2v) is 4.04. The number of hydrogen-bond acceptors (Lipinski definition) is 3. The number of nitrogens with zero attached hydrogens (tertiary/aromatic N) is 1. The first kappa shape index (κ1) is 16.8. The van der Waals surface area contributed by atoms with Crippen LogP contribution in [0.1, 0.15) is 13.3 Å². The number of halogens is 1. The van der Waals surface area contributed by atoms with Gasteiger partial charge in [-0.3, -0.25) is 0 Å². The Morgan fingerprint density at radius 2 is 2.13 bits per heavy atom. The van der Waals surface area contributed by atoms with E-state index >= 15 is 0 Å². The Bertz CT molecular complexity index is 207. The van der Waals surface area contributed by atoms with Crippen LogP contribution in [0.3, 0.4) is 0 Å². The molecule has 0 heterocycles. The van der Waals surface area contributed by atoms with Crippen molar-refractivity contribution >= 4 is 5.97 Å². The first-order valence-corrected chi connectivity index (χ1v) is 4.67. The molecule has 0 aromatic heterocycles. The molecule has 0 aromatic rings. The van der Waals surface area contributed by atoms with E-state index in [0.717, 1.165) is 19.0 Å². The number of carbonyl (C=O) groups excluding carboxylic acids is 1. The second kappa shape index (κ2) is 7.68. The van der Waals surface area contributed by atoms with Gasteiger partial charge in [-0.2, -0.15) is 0 Å². The van der Waals surface area contributed by atoms with Crippen LogP contribution >= 0.6 is 0 Å². The van der Waals surface area contributed by atoms with E-state index in [0.29, 0.717) is 4.48 Å². The maximum atomic E-state index is 10.8. The van der Waals surface area contributed by atoms with Crippen molar-refractivity contribution in [2.75, 3.05) is 27.4 Å². The molecule has 90 valence electrons. The van der Waals surface area contributed by atoms with E-state index < -0.39 is 5.97 Å². The lowest BCUT2D eigenvalue weighted by Crippen LogP contribution is -3.00. The zero-order valence-electron chi connectivity index (χ0n) is 9.57. The fourth-order valence-corrected chi connectivity index (χ4v) is 0.907. The lowest BCUT2D eigenvalue weighted by Gasteiger charge is -2.27. The fraction of sp³-hybridized carbons (Fsp3) is 0.700. The van der Waals surface area contributed by atoms with E-state index in [1.54, 1.807) is 0 Å². The number of aliphatic hydroxyl groups excluding tert-OH is 1. The van der Waals surface area contributed by atoms with Crippen molar-refractivity contribution in [1.82, 2.24) is 0 Å². The van der Waals surface area contributed by atoms with E-state index in [9.17, 15) is 4.79 Å². The van der Waals surface area contributed by atoms with Crippen molar-refractivity contribution in [3.05, 3.63) is 12.7 Å². The molecule has 0 fully saturated rings. The van der Waals surface area contributed by atoms with Crippen molar-refractivity contribution in [1.29, 1.82) is 0 Å². The second-order valence-electron chi connectivity index (χ2n) is 4.04. The number of hydrogen-bond donors (Lipinski definition) is 1. The molecule has 0 aliphatic heterocycles. The average molecular weight is 238 g/mol. The van der Waals surface area contributed by atoms with Crippen LogP contribution in [0.5, 0.6) is 0 Å². The predicted molar refractivity (Wildman–Crippen MR) is 54.4 cm³/mol. The van der Waals surface area contributed by atoms with E-state index in [4.69, 9.17) is 9.84 Å². The zero-order chi connectivity index (χ0) is 11.2. The Hall–Kier alpha value is -0.580. The molecule has 0 amide bonds. The lowest BCUT2D eigenvalue weighted by atomic mass is 10.2. The first-order chi connectivity index (χ1) is 6.41. The van der Waals surface area contributed by atoms with Crippen LogP contribution in [-0.4, -0.2) is 49.0 Å². The molecule has 0 aromatic carbocycles. The van der Waals surface area contributed by atoms with Crippen molar-refractivity contribution in [2.24, 2.45) is 0 Å². The maximum absolute atomic E-state index is 10.8. The Morgan fingerprint density at radius 1 is 1.60 bits per heavy atom. The van der Waals surface area contributed by atoms with E-state index in [2.05, 4.69) is 6.58 Å². The Morgan fingerprint density at radius 3 is 2.53 bits per heavy atom. The summed E-state index contributed by atoms with van der Waals surface area (Å²) >= 11 is 0. The monoisotopic (exact) mass is 237 g/mol. The molecule has 0 radical (unpaired) electrons. The predicted octanol–water partition coefficient (Wildman–Crippen LogP) is -2.48. The molecule has 1 unspecified atom stereocenters. The minimum Gasteiger partial charge on any atom is -1.00 e. The topological polar surface area (TPSA) is 46.5 Å². The minimum atomic E-state index is -0.396. The SMILES string of the molecule is C=CC(=O)OC(C)CC[N+](C)(C)CO.[Cl-]. The molecule has 0 bridgehead atoms. The first-order valence-electron chi connectivity index (χ1n) is 4.67. The normalized spacial score (nSPS) is 12.5. The number of carbonyl (C=O) groups is 1. The summed E-state index contributed by atoms with van der Waals surface area (Å²) in [5.74, 6) is -0.396. The molecule has 5 heteroatoms. The van der Waals surface area contributed by atoms with Crippen LogP contribution in [0.15, 0.2) is 12.7 Å². The molecule has 0 rings (SSSR count). The summed E-state index contributed by atoms with van der Waals surface area (Å²) in [6, 6.07) is 0. The van der Waals surface area contributed by atoms with Gasteiger partial charge in [-0.15, -0.1) is 0 Å². The minimum absolute atomic E-state index is 0.